The lowest BCUT2D eigenvalue weighted by molar-refractivity contribution is -0.121. The summed E-state index contributed by atoms with van der Waals surface area (Å²) in [5, 5.41) is 0. The van der Waals surface area contributed by atoms with Gasteiger partial charge in [0.1, 0.15) is 15.8 Å². The Hall–Kier alpha value is -3.01. The fourth-order valence-electron chi connectivity index (χ4n) is 4.48. The van der Waals surface area contributed by atoms with Gasteiger partial charge in [0.25, 0.3) is 11.5 Å². The van der Waals surface area contributed by atoms with Crippen LogP contribution in [0.3, 0.4) is 0 Å². The number of hydrogen-bond donors (Lipinski definition) is 0. The van der Waals surface area contributed by atoms with Gasteiger partial charge in [-0.2, -0.15) is 0 Å². The van der Waals surface area contributed by atoms with Crippen molar-refractivity contribution < 1.29 is 4.79 Å². The van der Waals surface area contributed by atoms with Crippen LogP contribution in [0.2, 0.25) is 0 Å². The monoisotopic (exact) mass is 505 g/mol. The minimum atomic E-state index is -0.179. The van der Waals surface area contributed by atoms with Gasteiger partial charge in [0.15, 0.2) is 0 Å². The minimum absolute atomic E-state index is 0.158. The molecule has 0 N–H and O–H groups in total. The Kier molecular flexibility index (Phi) is 6.73. The van der Waals surface area contributed by atoms with Crippen molar-refractivity contribution in [2.75, 3.05) is 37.6 Å². The zero-order chi connectivity index (χ0) is 24.5. The summed E-state index contributed by atoms with van der Waals surface area (Å²) < 4.78 is 2.08. The summed E-state index contributed by atoms with van der Waals surface area (Å²) in [7, 11) is 0. The fraction of sp³-hybridized carbons (Fsp3) is 0.308. The predicted molar refractivity (Wildman–Crippen MR) is 146 cm³/mol. The summed E-state index contributed by atoms with van der Waals surface area (Å²) in [5.74, 6) is 0.467. The highest BCUT2D eigenvalue weighted by Crippen LogP contribution is 2.33. The molecule has 2 aliphatic rings. The first kappa shape index (κ1) is 23.7. The molecule has 2 fully saturated rings. The molecule has 180 valence electrons. The van der Waals surface area contributed by atoms with Gasteiger partial charge in [-0.25, -0.2) is 4.98 Å². The largest absolute Gasteiger partial charge is 0.353 e. The van der Waals surface area contributed by atoms with Gasteiger partial charge in [0.05, 0.1) is 10.5 Å². The molecule has 7 nitrogen and oxygen atoms in total. The number of hydrogen-bond acceptors (Lipinski definition) is 7. The van der Waals surface area contributed by atoms with Crippen molar-refractivity contribution in [3.8, 4) is 0 Å². The SMILES string of the molecule is CCN1C(=O)C(=Cc2c(N3CCN(Cc4ccccc4)CC3)nc3ccc(C)cn3c2=O)SC1=S. The van der Waals surface area contributed by atoms with Crippen LogP contribution in [0.15, 0.2) is 58.4 Å². The second-order valence-electron chi connectivity index (χ2n) is 8.76. The second kappa shape index (κ2) is 9.93. The molecule has 2 aromatic heterocycles. The molecule has 0 saturated carbocycles. The quantitative estimate of drug-likeness (QED) is 0.388. The smallest absolute Gasteiger partial charge is 0.267 e. The Morgan fingerprint density at radius 3 is 2.49 bits per heavy atom. The molecule has 5 rings (SSSR count). The van der Waals surface area contributed by atoms with Crippen LogP contribution >= 0.6 is 24.0 Å². The lowest BCUT2D eigenvalue weighted by Crippen LogP contribution is -2.47. The van der Waals surface area contributed by atoms with Crippen LogP contribution in [-0.4, -0.2) is 62.1 Å². The van der Waals surface area contributed by atoms with Crippen LogP contribution in [0.25, 0.3) is 11.7 Å². The number of aryl methyl sites for hydroxylation is 1. The first-order valence-electron chi connectivity index (χ1n) is 11.7. The van der Waals surface area contributed by atoms with Crippen LogP contribution in [-0.2, 0) is 11.3 Å². The van der Waals surface area contributed by atoms with E-state index >= 15 is 0 Å². The van der Waals surface area contributed by atoms with E-state index in [4.69, 9.17) is 17.2 Å². The molecular formula is C26H27N5O2S2. The molecular weight excluding hydrogens is 478 g/mol. The van der Waals surface area contributed by atoms with Gasteiger partial charge in [0, 0.05) is 45.5 Å². The first-order valence-corrected chi connectivity index (χ1v) is 13.0. The zero-order valence-electron chi connectivity index (χ0n) is 19.8. The number of carbonyl (C=O) groups is 1. The molecule has 3 aromatic rings. The molecule has 1 amide bonds. The van der Waals surface area contributed by atoms with Crippen LogP contribution in [0.5, 0.6) is 0 Å². The van der Waals surface area contributed by atoms with Crippen molar-refractivity contribution >= 4 is 51.7 Å². The number of anilines is 1. The number of aromatic nitrogens is 2. The van der Waals surface area contributed by atoms with E-state index in [-0.39, 0.29) is 11.5 Å². The minimum Gasteiger partial charge on any atom is -0.353 e. The van der Waals surface area contributed by atoms with Crippen molar-refractivity contribution in [1.29, 1.82) is 0 Å². The number of nitrogens with zero attached hydrogens (tertiary/aromatic N) is 5. The Balaban J connectivity index is 1.50. The molecule has 0 atom stereocenters. The summed E-state index contributed by atoms with van der Waals surface area (Å²) in [6.45, 7) is 8.46. The summed E-state index contributed by atoms with van der Waals surface area (Å²) in [6.07, 6.45) is 3.48. The first-order chi connectivity index (χ1) is 16.9. The lowest BCUT2D eigenvalue weighted by Gasteiger charge is -2.36. The van der Waals surface area contributed by atoms with E-state index in [9.17, 15) is 9.59 Å². The van der Waals surface area contributed by atoms with Gasteiger partial charge in [-0.05, 0) is 37.1 Å². The molecule has 1 aromatic carbocycles. The summed E-state index contributed by atoms with van der Waals surface area (Å²) in [5.41, 5.74) is 3.10. The molecule has 9 heteroatoms. The Morgan fingerprint density at radius 1 is 1.06 bits per heavy atom. The molecule has 0 aliphatic carbocycles. The summed E-state index contributed by atoms with van der Waals surface area (Å²) >= 11 is 6.62. The van der Waals surface area contributed by atoms with E-state index in [1.807, 2.05) is 32.0 Å². The molecule has 35 heavy (non-hydrogen) atoms. The summed E-state index contributed by atoms with van der Waals surface area (Å²) in [6, 6.07) is 14.3. The Labute approximate surface area is 214 Å². The number of thioether (sulfide) groups is 1. The third kappa shape index (κ3) is 4.76. The maximum absolute atomic E-state index is 13.7. The lowest BCUT2D eigenvalue weighted by atomic mass is 10.2. The van der Waals surface area contributed by atoms with E-state index in [2.05, 4.69) is 34.1 Å². The van der Waals surface area contributed by atoms with Crippen molar-refractivity contribution in [2.45, 2.75) is 20.4 Å². The Bertz CT molecular complexity index is 1380. The van der Waals surface area contributed by atoms with Gasteiger partial charge in [0.2, 0.25) is 0 Å². The number of rotatable bonds is 5. The topological polar surface area (TPSA) is 61.2 Å². The van der Waals surface area contributed by atoms with Crippen molar-refractivity contribution in [3.05, 3.63) is 80.6 Å². The van der Waals surface area contributed by atoms with E-state index < -0.39 is 0 Å². The number of thiocarbonyl (C=S) groups is 1. The van der Waals surface area contributed by atoms with Crippen molar-refractivity contribution in [3.63, 3.8) is 0 Å². The van der Waals surface area contributed by atoms with Crippen LogP contribution in [0.4, 0.5) is 5.82 Å². The van der Waals surface area contributed by atoms with Crippen molar-refractivity contribution in [2.24, 2.45) is 0 Å². The van der Waals surface area contributed by atoms with E-state index in [1.54, 1.807) is 21.6 Å². The number of amides is 1. The number of likely N-dealkylation sites (N-methyl/N-ethyl adjacent to an activating group) is 1. The Morgan fingerprint density at radius 2 is 1.80 bits per heavy atom. The molecule has 0 spiro atoms. The number of pyridine rings is 1. The van der Waals surface area contributed by atoms with Gasteiger partial charge < -0.3 is 4.90 Å². The fourth-order valence-corrected chi connectivity index (χ4v) is 5.84. The maximum Gasteiger partial charge on any atom is 0.267 e. The highest BCUT2D eigenvalue weighted by Gasteiger charge is 2.32. The highest BCUT2D eigenvalue weighted by atomic mass is 32.2. The third-order valence-corrected chi connectivity index (χ3v) is 7.75. The van der Waals surface area contributed by atoms with Gasteiger partial charge >= 0.3 is 0 Å². The van der Waals surface area contributed by atoms with E-state index in [0.29, 0.717) is 32.8 Å². The molecule has 0 radical (unpaired) electrons. The predicted octanol–water partition coefficient (Wildman–Crippen LogP) is 3.55. The van der Waals surface area contributed by atoms with Gasteiger partial charge in [-0.3, -0.25) is 23.8 Å². The third-order valence-electron chi connectivity index (χ3n) is 6.37. The number of benzene rings is 1. The average Bonchev–Trinajstić information content (AvgIpc) is 3.14. The van der Waals surface area contributed by atoms with Crippen molar-refractivity contribution in [1.82, 2.24) is 19.2 Å². The highest BCUT2D eigenvalue weighted by molar-refractivity contribution is 8.26. The molecule has 2 saturated heterocycles. The number of carbonyl (C=O) groups excluding carboxylic acids is 1. The average molecular weight is 506 g/mol. The van der Waals surface area contributed by atoms with Crippen LogP contribution in [0, 0.1) is 6.92 Å². The normalized spacial score (nSPS) is 18.3. The second-order valence-corrected chi connectivity index (χ2v) is 10.4. The molecule has 2 aliphatic heterocycles. The van der Waals surface area contributed by atoms with Crippen LogP contribution < -0.4 is 10.5 Å². The van der Waals surface area contributed by atoms with Crippen LogP contribution in [0.1, 0.15) is 23.6 Å². The molecule has 0 unspecified atom stereocenters. The van der Waals surface area contributed by atoms with E-state index in [0.717, 1.165) is 38.3 Å². The molecule has 0 bridgehead atoms. The maximum atomic E-state index is 13.7. The number of fused-ring (bicyclic) bond motifs is 1. The van der Waals surface area contributed by atoms with Gasteiger partial charge in [-0.1, -0.05) is 60.4 Å². The standard InChI is InChI=1S/C26H27N5O2S2/c1-3-30-25(33)21(35-26(30)34)15-20-23(27-22-10-9-18(2)16-31(22)24(20)32)29-13-11-28(12-14-29)17-19-7-5-4-6-8-19/h4-10,15-16H,3,11-14,17H2,1-2H3. The summed E-state index contributed by atoms with van der Waals surface area (Å²) in [4.78, 5) is 38.0. The zero-order valence-corrected chi connectivity index (χ0v) is 21.4. The number of piperazine rings is 1. The van der Waals surface area contributed by atoms with Gasteiger partial charge in [-0.15, -0.1) is 0 Å². The molecule has 4 heterocycles. The van der Waals surface area contributed by atoms with E-state index in [1.165, 1.54) is 17.3 Å².